The molecule has 25 heavy (non-hydrogen) atoms. The second kappa shape index (κ2) is 9.23. The largest absolute Gasteiger partial charge is 0.393 e. The van der Waals surface area contributed by atoms with Gasteiger partial charge in [0.1, 0.15) is 0 Å². The molecule has 0 bridgehead atoms. The van der Waals surface area contributed by atoms with Gasteiger partial charge in [0.05, 0.1) is 11.8 Å². The summed E-state index contributed by atoms with van der Waals surface area (Å²) in [4.78, 5) is 4.21. The van der Waals surface area contributed by atoms with E-state index in [2.05, 4.69) is 11.6 Å². The SMILES string of the molecule is C=CCc1ccc(-c2ccc(/C=C/CCCC(C)O)c(F)c2F)nc1. The number of aliphatic hydroxyl groups is 1. The molecule has 1 N–H and O–H groups in total. The summed E-state index contributed by atoms with van der Waals surface area (Å²) in [6.07, 6.45) is 9.32. The number of nitrogens with zero attached hydrogens (tertiary/aromatic N) is 1. The minimum Gasteiger partial charge on any atom is -0.393 e. The standard InChI is InChI=1S/C21H23F2NO/c1-3-7-16-10-13-19(24-14-16)18-12-11-17(20(22)21(18)23)9-6-4-5-8-15(2)25/h3,6,9-15,25H,1,4-5,7-8H2,2H3/b9-6+. The molecule has 1 aromatic heterocycles. The Bertz CT molecular complexity index is 736. The Labute approximate surface area is 147 Å². The predicted molar refractivity (Wildman–Crippen MR) is 98.1 cm³/mol. The molecule has 1 heterocycles. The van der Waals surface area contributed by atoms with E-state index in [1.54, 1.807) is 49.5 Å². The number of halogens is 2. The van der Waals surface area contributed by atoms with Crippen molar-refractivity contribution in [2.24, 2.45) is 0 Å². The van der Waals surface area contributed by atoms with Gasteiger partial charge in [0, 0.05) is 17.3 Å². The molecule has 1 unspecified atom stereocenters. The van der Waals surface area contributed by atoms with Gasteiger partial charge in [-0.1, -0.05) is 30.4 Å². The highest BCUT2D eigenvalue weighted by Crippen LogP contribution is 2.26. The third kappa shape index (κ3) is 5.33. The second-order valence-electron chi connectivity index (χ2n) is 6.06. The van der Waals surface area contributed by atoms with Crippen molar-refractivity contribution in [2.75, 3.05) is 0 Å². The summed E-state index contributed by atoms with van der Waals surface area (Å²) in [6, 6.07) is 6.61. The van der Waals surface area contributed by atoms with Gasteiger partial charge >= 0.3 is 0 Å². The van der Waals surface area contributed by atoms with Crippen LogP contribution in [0.3, 0.4) is 0 Å². The normalized spacial score (nSPS) is 12.5. The maximum atomic E-state index is 14.4. The molecular weight excluding hydrogens is 320 g/mol. The van der Waals surface area contributed by atoms with E-state index in [4.69, 9.17) is 0 Å². The lowest BCUT2D eigenvalue weighted by molar-refractivity contribution is 0.182. The first-order valence-corrected chi connectivity index (χ1v) is 8.41. The monoisotopic (exact) mass is 343 g/mol. The van der Waals surface area contributed by atoms with Crippen LogP contribution in [0.2, 0.25) is 0 Å². The van der Waals surface area contributed by atoms with E-state index in [9.17, 15) is 13.9 Å². The molecule has 2 nitrogen and oxygen atoms in total. The van der Waals surface area contributed by atoms with Gasteiger partial charge in [0.15, 0.2) is 11.6 Å². The highest BCUT2D eigenvalue weighted by atomic mass is 19.2. The Morgan fingerprint density at radius 2 is 2.00 bits per heavy atom. The lowest BCUT2D eigenvalue weighted by Crippen LogP contribution is -1.97. The van der Waals surface area contributed by atoms with Gasteiger partial charge in [-0.05, 0) is 50.3 Å². The molecule has 1 atom stereocenters. The van der Waals surface area contributed by atoms with Gasteiger partial charge in [0.2, 0.25) is 0 Å². The lowest BCUT2D eigenvalue weighted by atomic mass is 10.0. The Morgan fingerprint density at radius 3 is 2.64 bits per heavy atom. The second-order valence-corrected chi connectivity index (χ2v) is 6.06. The number of unbranched alkanes of at least 4 members (excludes halogenated alkanes) is 1. The first-order chi connectivity index (χ1) is 12.0. The van der Waals surface area contributed by atoms with Crippen molar-refractivity contribution in [3.05, 3.63) is 72.0 Å². The average Bonchev–Trinajstić information content (AvgIpc) is 2.59. The van der Waals surface area contributed by atoms with Crippen LogP contribution in [0.25, 0.3) is 17.3 Å². The zero-order valence-electron chi connectivity index (χ0n) is 14.4. The Balaban J connectivity index is 2.13. The quantitative estimate of drug-likeness (QED) is 0.520. The maximum Gasteiger partial charge on any atom is 0.168 e. The van der Waals surface area contributed by atoms with E-state index in [0.29, 0.717) is 25.0 Å². The van der Waals surface area contributed by atoms with Crippen molar-refractivity contribution in [1.82, 2.24) is 4.98 Å². The minimum atomic E-state index is -0.893. The van der Waals surface area contributed by atoms with E-state index in [0.717, 1.165) is 12.0 Å². The fraction of sp³-hybridized carbons (Fsp3) is 0.286. The number of hydrogen-bond donors (Lipinski definition) is 1. The van der Waals surface area contributed by atoms with Crippen LogP contribution in [0.15, 0.2) is 49.2 Å². The summed E-state index contributed by atoms with van der Waals surface area (Å²) in [5.74, 6) is -1.77. The predicted octanol–water partition coefficient (Wildman–Crippen LogP) is 5.32. The molecule has 0 radical (unpaired) electrons. The summed E-state index contributed by atoms with van der Waals surface area (Å²) >= 11 is 0. The molecule has 0 saturated carbocycles. The van der Waals surface area contributed by atoms with Crippen molar-refractivity contribution in [3.8, 4) is 11.3 Å². The maximum absolute atomic E-state index is 14.4. The number of rotatable bonds is 8. The molecule has 2 aromatic rings. The molecule has 2 rings (SSSR count). The molecule has 1 aromatic carbocycles. The van der Waals surface area contributed by atoms with Gasteiger partial charge in [-0.2, -0.15) is 0 Å². The van der Waals surface area contributed by atoms with Crippen molar-refractivity contribution < 1.29 is 13.9 Å². The number of aromatic nitrogens is 1. The first-order valence-electron chi connectivity index (χ1n) is 8.41. The van der Waals surface area contributed by atoms with Crippen molar-refractivity contribution in [2.45, 2.75) is 38.7 Å². The smallest absolute Gasteiger partial charge is 0.168 e. The van der Waals surface area contributed by atoms with Crippen LogP contribution in [0.4, 0.5) is 8.78 Å². The van der Waals surface area contributed by atoms with Crippen molar-refractivity contribution >= 4 is 6.08 Å². The summed E-state index contributed by atoms with van der Waals surface area (Å²) in [6.45, 7) is 5.39. The van der Waals surface area contributed by atoms with Gasteiger partial charge < -0.3 is 5.11 Å². The number of hydrogen-bond acceptors (Lipinski definition) is 2. The van der Waals surface area contributed by atoms with Gasteiger partial charge in [-0.25, -0.2) is 8.78 Å². The van der Waals surface area contributed by atoms with E-state index in [1.807, 2.05) is 6.07 Å². The Kier molecular flexibility index (Phi) is 7.02. The van der Waals surface area contributed by atoms with E-state index in [-0.39, 0.29) is 17.2 Å². The Hall–Kier alpha value is -2.33. The third-order valence-electron chi connectivity index (χ3n) is 3.88. The number of benzene rings is 1. The van der Waals surface area contributed by atoms with Crippen molar-refractivity contribution in [1.29, 1.82) is 0 Å². The molecule has 0 saturated heterocycles. The first kappa shape index (κ1) is 19.0. The summed E-state index contributed by atoms with van der Waals surface area (Å²) in [5.41, 5.74) is 1.73. The summed E-state index contributed by atoms with van der Waals surface area (Å²) in [5, 5.41) is 9.19. The van der Waals surface area contributed by atoms with Gasteiger partial charge in [0.25, 0.3) is 0 Å². The van der Waals surface area contributed by atoms with Crippen LogP contribution in [-0.4, -0.2) is 16.2 Å². The number of pyridine rings is 1. The summed E-state index contributed by atoms with van der Waals surface area (Å²) in [7, 11) is 0. The zero-order valence-corrected chi connectivity index (χ0v) is 14.4. The van der Waals surface area contributed by atoms with Crippen LogP contribution < -0.4 is 0 Å². The molecule has 0 aliphatic heterocycles. The zero-order chi connectivity index (χ0) is 18.2. The summed E-state index contributed by atoms with van der Waals surface area (Å²) < 4.78 is 28.7. The molecule has 0 spiro atoms. The molecular formula is C21H23F2NO. The molecule has 4 heteroatoms. The van der Waals surface area contributed by atoms with Crippen LogP contribution in [-0.2, 0) is 6.42 Å². The van der Waals surface area contributed by atoms with E-state index >= 15 is 0 Å². The molecule has 0 aliphatic carbocycles. The number of allylic oxidation sites excluding steroid dienone is 2. The molecule has 0 fully saturated rings. The van der Waals surface area contributed by atoms with Crippen LogP contribution in [0.1, 0.15) is 37.3 Å². The van der Waals surface area contributed by atoms with Crippen LogP contribution >= 0.6 is 0 Å². The fourth-order valence-corrected chi connectivity index (χ4v) is 2.50. The highest BCUT2D eigenvalue weighted by molar-refractivity contribution is 5.64. The van der Waals surface area contributed by atoms with Crippen molar-refractivity contribution in [3.63, 3.8) is 0 Å². The van der Waals surface area contributed by atoms with E-state index in [1.165, 1.54) is 0 Å². The third-order valence-corrected chi connectivity index (χ3v) is 3.88. The van der Waals surface area contributed by atoms with Gasteiger partial charge in [-0.15, -0.1) is 6.58 Å². The van der Waals surface area contributed by atoms with Gasteiger partial charge in [-0.3, -0.25) is 4.98 Å². The molecule has 0 aliphatic rings. The Morgan fingerprint density at radius 1 is 1.20 bits per heavy atom. The van der Waals surface area contributed by atoms with Crippen LogP contribution in [0, 0.1) is 11.6 Å². The molecule has 0 amide bonds. The minimum absolute atomic E-state index is 0.147. The highest BCUT2D eigenvalue weighted by Gasteiger charge is 2.14. The fourth-order valence-electron chi connectivity index (χ4n) is 2.50. The number of aliphatic hydroxyl groups excluding tert-OH is 1. The molecule has 132 valence electrons. The lowest BCUT2D eigenvalue weighted by Gasteiger charge is -2.07. The topological polar surface area (TPSA) is 33.1 Å². The average molecular weight is 343 g/mol. The van der Waals surface area contributed by atoms with E-state index < -0.39 is 11.6 Å². The van der Waals surface area contributed by atoms with Crippen LogP contribution in [0.5, 0.6) is 0 Å².